The van der Waals surface area contributed by atoms with E-state index in [0.717, 1.165) is 4.68 Å². The Morgan fingerprint density at radius 2 is 1.73 bits per heavy atom. The number of hydrogen-bond acceptors (Lipinski definition) is 5. The molecular formula is C24H17F3N4O5S. The van der Waals surface area contributed by atoms with Crippen molar-refractivity contribution in [1.82, 2.24) is 9.78 Å². The second-order valence-corrected chi connectivity index (χ2v) is 9.90. The molecule has 0 aliphatic carbocycles. The number of rotatable bonds is 5. The van der Waals surface area contributed by atoms with E-state index in [1.54, 1.807) is 18.2 Å². The van der Waals surface area contributed by atoms with E-state index in [2.05, 4.69) is 14.8 Å². The molecule has 2 amide bonds. The largest absolute Gasteiger partial charge is 0.474 e. The first-order valence-electron chi connectivity index (χ1n) is 10.5. The smallest absolute Gasteiger partial charge is 0.465 e. The van der Waals surface area contributed by atoms with E-state index >= 15 is 0 Å². The SMILES string of the molecule is O=C(O)Nc1cccc(Cn2ncc3cc(S(=O)(=NC(=O)C(F)(F)F)c4ccccc4)ccc3c2=O)c1. The molecule has 1 unspecified atom stereocenters. The minimum absolute atomic E-state index is 0.00183. The number of benzene rings is 3. The number of anilines is 1. The van der Waals surface area contributed by atoms with Gasteiger partial charge in [-0.25, -0.2) is 13.7 Å². The summed E-state index contributed by atoms with van der Waals surface area (Å²) in [6, 6.07) is 17.1. The molecule has 0 saturated carbocycles. The summed E-state index contributed by atoms with van der Waals surface area (Å²) in [5.41, 5.74) is 0.333. The molecule has 0 bridgehead atoms. The van der Waals surface area contributed by atoms with Gasteiger partial charge in [0.1, 0.15) is 9.73 Å². The van der Waals surface area contributed by atoms with Crippen LogP contribution < -0.4 is 10.9 Å². The number of amides is 2. The Morgan fingerprint density at radius 3 is 2.41 bits per heavy atom. The first-order valence-corrected chi connectivity index (χ1v) is 12.0. The summed E-state index contributed by atoms with van der Waals surface area (Å²) in [5, 5.41) is 15.5. The molecule has 0 spiro atoms. The summed E-state index contributed by atoms with van der Waals surface area (Å²) in [7, 11) is -4.04. The van der Waals surface area contributed by atoms with Gasteiger partial charge in [0.25, 0.3) is 5.56 Å². The van der Waals surface area contributed by atoms with Crippen molar-refractivity contribution in [1.29, 1.82) is 0 Å². The molecule has 0 radical (unpaired) electrons. The van der Waals surface area contributed by atoms with Gasteiger partial charge in [0.2, 0.25) is 0 Å². The lowest BCUT2D eigenvalue weighted by atomic mass is 10.2. The van der Waals surface area contributed by atoms with Crippen LogP contribution in [0.25, 0.3) is 10.8 Å². The molecule has 4 rings (SSSR count). The van der Waals surface area contributed by atoms with Crippen molar-refractivity contribution in [3.63, 3.8) is 0 Å². The van der Waals surface area contributed by atoms with Gasteiger partial charge < -0.3 is 5.11 Å². The van der Waals surface area contributed by atoms with Gasteiger partial charge in [-0.3, -0.25) is 14.9 Å². The van der Waals surface area contributed by atoms with Crippen LogP contribution in [0.3, 0.4) is 0 Å². The highest BCUT2D eigenvalue weighted by Gasteiger charge is 2.40. The third kappa shape index (κ3) is 5.51. The van der Waals surface area contributed by atoms with E-state index in [4.69, 9.17) is 5.11 Å². The Labute approximate surface area is 207 Å². The fourth-order valence-electron chi connectivity index (χ4n) is 3.51. The lowest BCUT2D eigenvalue weighted by Crippen LogP contribution is -2.24. The van der Waals surface area contributed by atoms with E-state index < -0.39 is 33.5 Å². The third-order valence-corrected chi connectivity index (χ3v) is 7.40. The number of nitrogens with zero attached hydrogens (tertiary/aromatic N) is 3. The monoisotopic (exact) mass is 530 g/mol. The van der Waals surface area contributed by atoms with Crippen molar-refractivity contribution in [3.05, 3.63) is 94.9 Å². The number of nitrogens with one attached hydrogen (secondary N) is 1. The van der Waals surface area contributed by atoms with Crippen LogP contribution in [-0.2, 0) is 21.1 Å². The normalized spacial score (nSPS) is 13.1. The zero-order valence-corrected chi connectivity index (χ0v) is 19.5. The fraction of sp³-hybridized carbons (Fsp3) is 0.0833. The fourth-order valence-corrected chi connectivity index (χ4v) is 5.39. The molecule has 1 aromatic heterocycles. The summed E-state index contributed by atoms with van der Waals surface area (Å²) >= 11 is 0. The van der Waals surface area contributed by atoms with Gasteiger partial charge in [-0.1, -0.05) is 30.3 Å². The van der Waals surface area contributed by atoms with Crippen LogP contribution in [0, 0.1) is 0 Å². The second-order valence-electron chi connectivity index (χ2n) is 7.72. The quantitative estimate of drug-likeness (QED) is 0.391. The molecule has 0 aliphatic rings. The molecule has 9 nitrogen and oxygen atoms in total. The van der Waals surface area contributed by atoms with Gasteiger partial charge >= 0.3 is 18.2 Å². The van der Waals surface area contributed by atoms with Crippen LogP contribution in [0.5, 0.6) is 0 Å². The number of carbonyl (C=O) groups excluding carboxylic acids is 1. The molecule has 37 heavy (non-hydrogen) atoms. The Hall–Kier alpha value is -4.52. The van der Waals surface area contributed by atoms with Gasteiger partial charge in [0.05, 0.1) is 27.9 Å². The highest BCUT2D eigenvalue weighted by Crippen LogP contribution is 2.28. The van der Waals surface area contributed by atoms with Gasteiger partial charge in [-0.05, 0) is 48.0 Å². The number of fused-ring (bicyclic) bond motifs is 1. The van der Waals surface area contributed by atoms with Crippen molar-refractivity contribution in [2.24, 2.45) is 4.36 Å². The van der Waals surface area contributed by atoms with E-state index in [-0.39, 0.29) is 27.1 Å². The van der Waals surface area contributed by atoms with Crippen LogP contribution in [0.15, 0.2) is 97.9 Å². The molecule has 13 heteroatoms. The average Bonchev–Trinajstić information content (AvgIpc) is 2.85. The molecule has 1 atom stereocenters. The highest BCUT2D eigenvalue weighted by atomic mass is 32.2. The standard InChI is InChI=1S/C24H17F3N4O5S/c25-24(26,27)22(33)30-37(36,18-7-2-1-3-8-18)19-9-10-20-16(12-19)13-28-31(21(20)32)14-15-5-4-6-17(11-15)29-23(34)35/h1-13,29H,14H2,(H,34,35). The summed E-state index contributed by atoms with van der Waals surface area (Å²) in [6.45, 7) is 0.00183. The van der Waals surface area contributed by atoms with Gasteiger partial charge in [0.15, 0.2) is 0 Å². The van der Waals surface area contributed by atoms with Crippen LogP contribution in [-0.4, -0.2) is 37.3 Å². The highest BCUT2D eigenvalue weighted by molar-refractivity contribution is 7.94. The number of aromatic nitrogens is 2. The molecule has 3 aromatic carbocycles. The third-order valence-electron chi connectivity index (χ3n) is 5.17. The first-order chi connectivity index (χ1) is 17.5. The van der Waals surface area contributed by atoms with Crippen LogP contribution in [0.4, 0.5) is 23.7 Å². The molecule has 4 aromatic rings. The number of alkyl halides is 3. The predicted molar refractivity (Wildman–Crippen MR) is 128 cm³/mol. The van der Waals surface area contributed by atoms with Crippen molar-refractivity contribution < 1.29 is 32.1 Å². The number of carboxylic acid groups (broad SMARTS) is 1. The number of halogens is 3. The minimum Gasteiger partial charge on any atom is -0.465 e. The zero-order chi connectivity index (χ0) is 26.8. The first kappa shape index (κ1) is 25.6. The summed E-state index contributed by atoms with van der Waals surface area (Å²) in [4.78, 5) is 35.2. The topological polar surface area (TPSA) is 131 Å². The maximum Gasteiger partial charge on any atom is 0.474 e. The van der Waals surface area contributed by atoms with Crippen molar-refractivity contribution in [2.75, 3.05) is 5.32 Å². The summed E-state index contributed by atoms with van der Waals surface area (Å²) in [5.74, 6) is -2.49. The van der Waals surface area contributed by atoms with Crippen molar-refractivity contribution >= 4 is 38.2 Å². The molecule has 0 saturated heterocycles. The van der Waals surface area contributed by atoms with Crippen molar-refractivity contribution in [3.8, 4) is 0 Å². The van der Waals surface area contributed by atoms with Gasteiger partial charge in [-0.15, -0.1) is 4.36 Å². The summed E-state index contributed by atoms with van der Waals surface area (Å²) in [6.07, 6.45) is -5.29. The van der Waals surface area contributed by atoms with Crippen LogP contribution in [0.2, 0.25) is 0 Å². The molecule has 1 heterocycles. The van der Waals surface area contributed by atoms with Crippen LogP contribution >= 0.6 is 0 Å². The van der Waals surface area contributed by atoms with Gasteiger partial charge in [-0.2, -0.15) is 18.3 Å². The van der Waals surface area contributed by atoms with Gasteiger partial charge in [0, 0.05) is 11.1 Å². The van der Waals surface area contributed by atoms with Crippen molar-refractivity contribution in [2.45, 2.75) is 22.5 Å². The van der Waals surface area contributed by atoms with E-state index in [1.807, 2.05) is 0 Å². The predicted octanol–water partition coefficient (Wildman–Crippen LogP) is 4.51. The minimum atomic E-state index is -5.32. The molecular weight excluding hydrogens is 513 g/mol. The number of hydrogen-bond donors (Lipinski definition) is 2. The van der Waals surface area contributed by atoms with E-state index in [0.29, 0.717) is 11.3 Å². The second kappa shape index (κ2) is 9.85. The maximum absolute atomic E-state index is 13.8. The Bertz CT molecular complexity index is 1690. The van der Waals surface area contributed by atoms with Crippen LogP contribution in [0.1, 0.15) is 5.56 Å². The Balaban J connectivity index is 1.78. The lowest BCUT2D eigenvalue weighted by Gasteiger charge is -2.13. The lowest BCUT2D eigenvalue weighted by molar-refractivity contribution is -0.169. The Kier molecular flexibility index (Phi) is 6.81. The average molecular weight is 530 g/mol. The molecule has 190 valence electrons. The number of carbonyl (C=O) groups is 2. The summed E-state index contributed by atoms with van der Waals surface area (Å²) < 4.78 is 56.8. The molecule has 0 fully saturated rings. The van der Waals surface area contributed by atoms with E-state index in [9.17, 15) is 31.8 Å². The molecule has 2 N–H and O–H groups in total. The zero-order valence-electron chi connectivity index (χ0n) is 18.7. The Morgan fingerprint density at radius 1 is 1.00 bits per heavy atom. The van der Waals surface area contributed by atoms with E-state index in [1.165, 1.54) is 60.8 Å². The molecule has 0 aliphatic heterocycles. The maximum atomic E-state index is 13.8.